The third-order valence-corrected chi connectivity index (χ3v) is 4.14. The summed E-state index contributed by atoms with van der Waals surface area (Å²) in [5, 5.41) is 7.04. The van der Waals surface area contributed by atoms with Crippen LogP contribution in [0, 0.1) is 5.82 Å². The van der Waals surface area contributed by atoms with E-state index in [-0.39, 0.29) is 18.1 Å². The number of hydrogen-bond donors (Lipinski definition) is 1. The number of anilines is 1. The Morgan fingerprint density at radius 3 is 2.50 bits per heavy atom. The summed E-state index contributed by atoms with van der Waals surface area (Å²) in [6, 6.07) is 6.43. The van der Waals surface area contributed by atoms with Crippen LogP contribution in [0.5, 0.6) is 0 Å². The lowest BCUT2D eigenvalue weighted by Crippen LogP contribution is -2.49. The van der Waals surface area contributed by atoms with Crippen molar-refractivity contribution in [2.45, 2.75) is 6.42 Å². The van der Waals surface area contributed by atoms with E-state index in [9.17, 15) is 9.18 Å². The van der Waals surface area contributed by atoms with Crippen LogP contribution in [0.4, 0.5) is 10.1 Å². The minimum Gasteiger partial charge on any atom is -0.368 e. The number of piperazine rings is 1. The molecule has 1 fully saturated rings. The van der Waals surface area contributed by atoms with E-state index in [0.717, 1.165) is 18.8 Å². The van der Waals surface area contributed by atoms with Crippen LogP contribution < -0.4 is 4.90 Å². The molecule has 0 aliphatic carbocycles. The number of rotatable bonds is 3. The van der Waals surface area contributed by atoms with Crippen molar-refractivity contribution in [1.82, 2.24) is 15.1 Å². The summed E-state index contributed by atoms with van der Waals surface area (Å²) >= 11 is 5.94. The van der Waals surface area contributed by atoms with Crippen molar-refractivity contribution in [3.63, 3.8) is 0 Å². The van der Waals surface area contributed by atoms with E-state index in [0.29, 0.717) is 23.8 Å². The summed E-state index contributed by atoms with van der Waals surface area (Å²) in [7, 11) is 0. The summed E-state index contributed by atoms with van der Waals surface area (Å²) in [5.74, 6) is -0.209. The Morgan fingerprint density at radius 2 is 1.91 bits per heavy atom. The third-order valence-electron chi connectivity index (χ3n) is 3.82. The number of benzene rings is 1. The van der Waals surface area contributed by atoms with E-state index >= 15 is 0 Å². The molecular weight excluding hydrogens is 307 g/mol. The standard InChI is InChI=1S/C15H16ClFN4O/c16-13-10-18-19-14(13)9-15(22)21-7-5-20(6-8-21)12-3-1-11(17)2-4-12/h1-4,10H,5-9H2,(H,18,19). The number of amides is 1. The van der Waals surface area contributed by atoms with Gasteiger partial charge in [0.25, 0.3) is 0 Å². The zero-order valence-corrected chi connectivity index (χ0v) is 12.7. The molecule has 2 aromatic rings. The fraction of sp³-hybridized carbons (Fsp3) is 0.333. The molecule has 1 aliphatic heterocycles. The second kappa shape index (κ2) is 6.36. The van der Waals surface area contributed by atoms with Crippen LogP contribution in [0.2, 0.25) is 5.02 Å². The van der Waals surface area contributed by atoms with Crippen molar-refractivity contribution < 1.29 is 9.18 Å². The highest BCUT2D eigenvalue weighted by molar-refractivity contribution is 6.31. The molecule has 0 radical (unpaired) electrons. The van der Waals surface area contributed by atoms with E-state index in [4.69, 9.17) is 11.6 Å². The number of carbonyl (C=O) groups is 1. The summed E-state index contributed by atoms with van der Waals surface area (Å²) in [6.45, 7) is 2.74. The summed E-state index contributed by atoms with van der Waals surface area (Å²) in [4.78, 5) is 16.2. The number of carbonyl (C=O) groups excluding carboxylic acids is 1. The van der Waals surface area contributed by atoms with Gasteiger partial charge in [0, 0.05) is 31.9 Å². The molecule has 3 rings (SSSR count). The molecule has 0 spiro atoms. The van der Waals surface area contributed by atoms with Crippen molar-refractivity contribution in [2.24, 2.45) is 0 Å². The van der Waals surface area contributed by atoms with Gasteiger partial charge in [0.15, 0.2) is 0 Å². The summed E-state index contributed by atoms with van der Waals surface area (Å²) in [5.41, 5.74) is 1.62. The number of H-pyrrole nitrogens is 1. The van der Waals surface area contributed by atoms with Gasteiger partial charge in [-0.05, 0) is 24.3 Å². The highest BCUT2D eigenvalue weighted by atomic mass is 35.5. The molecule has 116 valence electrons. The van der Waals surface area contributed by atoms with Crippen LogP contribution in [0.25, 0.3) is 0 Å². The minimum absolute atomic E-state index is 0.0323. The number of nitrogens with zero attached hydrogens (tertiary/aromatic N) is 3. The van der Waals surface area contributed by atoms with Crippen molar-refractivity contribution in [2.75, 3.05) is 31.1 Å². The molecule has 1 aromatic heterocycles. The highest BCUT2D eigenvalue weighted by Crippen LogP contribution is 2.18. The van der Waals surface area contributed by atoms with Gasteiger partial charge in [0.1, 0.15) is 5.82 Å². The maximum absolute atomic E-state index is 12.9. The van der Waals surface area contributed by atoms with Crippen LogP contribution in [-0.4, -0.2) is 47.2 Å². The third kappa shape index (κ3) is 3.22. The number of hydrogen-bond acceptors (Lipinski definition) is 3. The monoisotopic (exact) mass is 322 g/mol. The van der Waals surface area contributed by atoms with Crippen LogP contribution >= 0.6 is 11.6 Å². The molecule has 0 saturated carbocycles. The molecule has 0 atom stereocenters. The molecule has 22 heavy (non-hydrogen) atoms. The smallest absolute Gasteiger partial charge is 0.228 e. The molecule has 5 nitrogen and oxygen atoms in total. The lowest BCUT2D eigenvalue weighted by Gasteiger charge is -2.36. The number of aromatic nitrogens is 2. The topological polar surface area (TPSA) is 52.2 Å². The van der Waals surface area contributed by atoms with Gasteiger partial charge in [-0.25, -0.2) is 4.39 Å². The van der Waals surface area contributed by atoms with E-state index in [1.54, 1.807) is 12.1 Å². The lowest BCUT2D eigenvalue weighted by atomic mass is 10.2. The molecule has 1 aromatic carbocycles. The Kier molecular flexibility index (Phi) is 4.29. The largest absolute Gasteiger partial charge is 0.368 e. The quantitative estimate of drug-likeness (QED) is 0.941. The van der Waals surface area contributed by atoms with Gasteiger partial charge in [-0.15, -0.1) is 0 Å². The minimum atomic E-state index is -0.242. The average molecular weight is 323 g/mol. The molecule has 1 N–H and O–H groups in total. The van der Waals surface area contributed by atoms with Crippen LogP contribution in [0.15, 0.2) is 30.5 Å². The van der Waals surface area contributed by atoms with Gasteiger partial charge in [-0.3, -0.25) is 9.89 Å². The van der Waals surface area contributed by atoms with Gasteiger partial charge in [0.05, 0.1) is 23.3 Å². The van der Waals surface area contributed by atoms with Crippen molar-refractivity contribution in [3.8, 4) is 0 Å². The predicted octanol–water partition coefficient (Wildman–Crippen LogP) is 2.09. The zero-order valence-electron chi connectivity index (χ0n) is 11.9. The Bertz CT molecular complexity index is 650. The normalized spacial score (nSPS) is 15.2. The van der Waals surface area contributed by atoms with E-state index in [1.807, 2.05) is 4.90 Å². The average Bonchev–Trinajstić information content (AvgIpc) is 2.93. The maximum atomic E-state index is 12.9. The second-order valence-electron chi connectivity index (χ2n) is 5.22. The molecule has 1 saturated heterocycles. The van der Waals surface area contributed by atoms with Crippen LogP contribution in [-0.2, 0) is 11.2 Å². The Morgan fingerprint density at radius 1 is 1.23 bits per heavy atom. The van der Waals surface area contributed by atoms with Crippen molar-refractivity contribution >= 4 is 23.2 Å². The zero-order chi connectivity index (χ0) is 15.5. The van der Waals surface area contributed by atoms with Gasteiger partial charge in [-0.2, -0.15) is 5.10 Å². The Hall–Kier alpha value is -2.08. The van der Waals surface area contributed by atoms with Crippen molar-refractivity contribution in [1.29, 1.82) is 0 Å². The van der Waals surface area contributed by atoms with Crippen molar-refractivity contribution in [3.05, 3.63) is 47.0 Å². The van der Waals surface area contributed by atoms with E-state index in [1.165, 1.54) is 18.3 Å². The first-order valence-corrected chi connectivity index (χ1v) is 7.47. The first-order chi connectivity index (χ1) is 10.6. The fourth-order valence-corrected chi connectivity index (χ4v) is 2.71. The SMILES string of the molecule is O=C(Cc1[nH]ncc1Cl)N1CCN(c2ccc(F)cc2)CC1. The Labute approximate surface area is 132 Å². The molecule has 0 unspecified atom stereocenters. The number of halogens is 2. The molecule has 1 aliphatic rings. The van der Waals surface area contributed by atoms with Gasteiger partial charge >= 0.3 is 0 Å². The maximum Gasteiger partial charge on any atom is 0.228 e. The van der Waals surface area contributed by atoms with E-state index in [2.05, 4.69) is 15.1 Å². The first-order valence-electron chi connectivity index (χ1n) is 7.09. The molecular formula is C15H16ClFN4O. The van der Waals surface area contributed by atoms with Gasteiger partial charge < -0.3 is 9.80 Å². The number of nitrogens with one attached hydrogen (secondary N) is 1. The van der Waals surface area contributed by atoms with E-state index < -0.39 is 0 Å². The Balaban J connectivity index is 1.56. The molecule has 2 heterocycles. The van der Waals surface area contributed by atoms with Crippen LogP contribution in [0.1, 0.15) is 5.69 Å². The second-order valence-corrected chi connectivity index (χ2v) is 5.62. The number of aromatic amines is 1. The first kappa shape index (κ1) is 14.8. The van der Waals surface area contributed by atoms with Gasteiger partial charge in [-0.1, -0.05) is 11.6 Å². The fourth-order valence-electron chi connectivity index (χ4n) is 2.55. The molecule has 0 bridgehead atoms. The van der Waals surface area contributed by atoms with Crippen LogP contribution in [0.3, 0.4) is 0 Å². The van der Waals surface area contributed by atoms with Gasteiger partial charge in [0.2, 0.25) is 5.91 Å². The predicted molar refractivity (Wildman–Crippen MR) is 82.5 cm³/mol. The lowest BCUT2D eigenvalue weighted by molar-refractivity contribution is -0.130. The summed E-state index contributed by atoms with van der Waals surface area (Å²) < 4.78 is 12.9. The summed E-state index contributed by atoms with van der Waals surface area (Å²) in [6.07, 6.45) is 1.73. The molecule has 7 heteroatoms. The molecule has 1 amide bonds. The highest BCUT2D eigenvalue weighted by Gasteiger charge is 2.22.